The first-order valence-corrected chi connectivity index (χ1v) is 12.5. The summed E-state index contributed by atoms with van der Waals surface area (Å²) in [7, 11) is 2.18. The Morgan fingerprint density at radius 3 is 2.77 bits per heavy atom. The molecule has 0 bridgehead atoms. The first-order chi connectivity index (χ1) is 17.0. The monoisotopic (exact) mass is 530 g/mol. The van der Waals surface area contributed by atoms with Crippen LogP contribution in [-0.2, 0) is 0 Å². The Balaban J connectivity index is 1.37. The SMILES string of the molecule is C[C@H](Nc1ncc(C#N)c(-c2cnc3c(Br)cccn23)n1)c1cccc(NC2CCN(C)CC2)c1. The normalized spacial score (nSPS) is 15.6. The second kappa shape index (κ2) is 10.0. The second-order valence-electron chi connectivity index (χ2n) is 8.97. The smallest absolute Gasteiger partial charge is 0.223 e. The number of halogens is 1. The molecule has 178 valence electrons. The molecule has 8 nitrogen and oxygen atoms in total. The number of anilines is 2. The zero-order valence-corrected chi connectivity index (χ0v) is 21.3. The van der Waals surface area contributed by atoms with Crippen molar-refractivity contribution in [2.24, 2.45) is 0 Å². The Morgan fingerprint density at radius 2 is 1.97 bits per heavy atom. The summed E-state index contributed by atoms with van der Waals surface area (Å²) in [6.07, 6.45) is 7.50. The molecular weight excluding hydrogens is 504 g/mol. The van der Waals surface area contributed by atoms with Crippen molar-refractivity contribution in [3.63, 3.8) is 0 Å². The summed E-state index contributed by atoms with van der Waals surface area (Å²) >= 11 is 3.53. The molecule has 0 aliphatic carbocycles. The molecular formula is C26H27BrN8. The predicted octanol–water partition coefficient (Wildman–Crippen LogP) is 5.10. The molecule has 3 aromatic heterocycles. The molecule has 0 amide bonds. The number of piperidine rings is 1. The largest absolute Gasteiger partial charge is 0.382 e. The molecule has 1 aliphatic rings. The Labute approximate surface area is 213 Å². The summed E-state index contributed by atoms with van der Waals surface area (Å²) in [5, 5.41) is 16.8. The van der Waals surface area contributed by atoms with Crippen molar-refractivity contribution in [1.29, 1.82) is 5.26 Å². The van der Waals surface area contributed by atoms with Crippen LogP contribution in [-0.4, -0.2) is 50.4 Å². The van der Waals surface area contributed by atoms with Crippen molar-refractivity contribution in [3.8, 4) is 17.5 Å². The maximum atomic E-state index is 9.68. The zero-order valence-electron chi connectivity index (χ0n) is 19.7. The molecule has 4 heterocycles. The van der Waals surface area contributed by atoms with Gasteiger partial charge < -0.3 is 15.5 Å². The highest BCUT2D eigenvalue weighted by Gasteiger charge is 2.18. The first kappa shape index (κ1) is 23.3. The number of nitrogens with zero attached hydrogens (tertiary/aromatic N) is 6. The van der Waals surface area contributed by atoms with E-state index < -0.39 is 0 Å². The van der Waals surface area contributed by atoms with E-state index in [1.54, 1.807) is 12.4 Å². The van der Waals surface area contributed by atoms with Gasteiger partial charge in [0.1, 0.15) is 11.8 Å². The minimum Gasteiger partial charge on any atom is -0.382 e. The molecule has 1 saturated heterocycles. The van der Waals surface area contributed by atoms with Gasteiger partial charge in [0.15, 0.2) is 5.65 Å². The lowest BCUT2D eigenvalue weighted by molar-refractivity contribution is 0.264. The molecule has 0 radical (unpaired) electrons. The van der Waals surface area contributed by atoms with E-state index in [-0.39, 0.29) is 6.04 Å². The molecule has 0 saturated carbocycles. The zero-order chi connectivity index (χ0) is 24.4. The van der Waals surface area contributed by atoms with Gasteiger partial charge in [-0.05, 0) is 85.7 Å². The van der Waals surface area contributed by atoms with Crippen LogP contribution in [0.1, 0.15) is 36.9 Å². The van der Waals surface area contributed by atoms with E-state index in [0.29, 0.717) is 23.2 Å². The summed E-state index contributed by atoms with van der Waals surface area (Å²) in [4.78, 5) is 16.0. The maximum Gasteiger partial charge on any atom is 0.223 e. The molecule has 35 heavy (non-hydrogen) atoms. The number of nitriles is 1. The fourth-order valence-corrected chi connectivity index (χ4v) is 4.89. The quantitative estimate of drug-likeness (QED) is 0.357. The third kappa shape index (κ3) is 4.99. The average Bonchev–Trinajstić information content (AvgIpc) is 3.31. The van der Waals surface area contributed by atoms with Gasteiger partial charge in [0.05, 0.1) is 34.2 Å². The first-order valence-electron chi connectivity index (χ1n) is 11.7. The van der Waals surface area contributed by atoms with E-state index in [1.807, 2.05) is 22.7 Å². The number of rotatable bonds is 6. The summed E-state index contributed by atoms with van der Waals surface area (Å²) < 4.78 is 2.79. The van der Waals surface area contributed by atoms with E-state index in [4.69, 9.17) is 4.98 Å². The van der Waals surface area contributed by atoms with Crippen molar-refractivity contribution in [2.45, 2.75) is 31.8 Å². The summed E-state index contributed by atoms with van der Waals surface area (Å²) in [6.45, 7) is 4.33. The molecule has 1 aliphatic heterocycles. The Kier molecular flexibility index (Phi) is 6.66. The predicted molar refractivity (Wildman–Crippen MR) is 141 cm³/mol. The number of benzene rings is 1. The highest BCUT2D eigenvalue weighted by Crippen LogP contribution is 2.28. The van der Waals surface area contributed by atoms with Crippen LogP contribution in [0.3, 0.4) is 0 Å². The second-order valence-corrected chi connectivity index (χ2v) is 9.83. The van der Waals surface area contributed by atoms with E-state index in [9.17, 15) is 5.26 Å². The summed E-state index contributed by atoms with van der Waals surface area (Å²) in [5.41, 5.74) is 4.71. The molecule has 1 aromatic carbocycles. The summed E-state index contributed by atoms with van der Waals surface area (Å²) in [6, 6.07) is 15.0. The molecule has 0 unspecified atom stereocenters. The van der Waals surface area contributed by atoms with Gasteiger partial charge in [-0.2, -0.15) is 5.26 Å². The van der Waals surface area contributed by atoms with Gasteiger partial charge in [0.2, 0.25) is 5.95 Å². The van der Waals surface area contributed by atoms with Gasteiger partial charge in [-0.15, -0.1) is 0 Å². The van der Waals surface area contributed by atoms with Crippen LogP contribution in [0.5, 0.6) is 0 Å². The van der Waals surface area contributed by atoms with E-state index in [0.717, 1.165) is 53.0 Å². The lowest BCUT2D eigenvalue weighted by Gasteiger charge is -2.30. The fourth-order valence-electron chi connectivity index (χ4n) is 4.44. The maximum absolute atomic E-state index is 9.68. The van der Waals surface area contributed by atoms with Crippen molar-refractivity contribution in [3.05, 3.63) is 70.6 Å². The molecule has 2 N–H and O–H groups in total. The van der Waals surface area contributed by atoms with Gasteiger partial charge in [-0.1, -0.05) is 12.1 Å². The third-order valence-electron chi connectivity index (χ3n) is 6.46. The standard InChI is InChI=1S/C26H27BrN8/c1-17(18-5-3-6-21(13-18)32-20-8-11-34(2)12-9-20)31-26-30-15-19(14-28)24(33-26)23-16-29-25-22(27)7-4-10-35(23)25/h3-7,10,13,15-17,20,32H,8-9,11-12H2,1-2H3,(H,30,31,33)/t17-/m0/s1. The Bertz CT molecular complexity index is 1380. The number of hydrogen-bond donors (Lipinski definition) is 2. The summed E-state index contributed by atoms with van der Waals surface area (Å²) in [5.74, 6) is 0.463. The van der Waals surface area contributed by atoms with Gasteiger partial charge in [-0.25, -0.2) is 15.0 Å². The van der Waals surface area contributed by atoms with Crippen LogP contribution in [0.4, 0.5) is 11.6 Å². The lowest BCUT2D eigenvalue weighted by atomic mass is 10.0. The molecule has 5 rings (SSSR count). The van der Waals surface area contributed by atoms with Crippen LogP contribution in [0.15, 0.2) is 59.5 Å². The molecule has 9 heteroatoms. The number of pyridine rings is 1. The fraction of sp³-hybridized carbons (Fsp3) is 0.308. The van der Waals surface area contributed by atoms with Crippen LogP contribution in [0.25, 0.3) is 17.0 Å². The highest BCUT2D eigenvalue weighted by atomic mass is 79.9. The number of likely N-dealkylation sites (tertiary alicyclic amines) is 1. The number of fused-ring (bicyclic) bond motifs is 1. The minimum atomic E-state index is -0.0219. The van der Waals surface area contributed by atoms with Gasteiger partial charge >= 0.3 is 0 Å². The van der Waals surface area contributed by atoms with Crippen LogP contribution >= 0.6 is 15.9 Å². The van der Waals surface area contributed by atoms with Crippen LogP contribution < -0.4 is 10.6 Å². The average molecular weight is 531 g/mol. The van der Waals surface area contributed by atoms with Gasteiger partial charge in [-0.3, -0.25) is 4.40 Å². The van der Waals surface area contributed by atoms with Gasteiger partial charge in [0, 0.05) is 17.9 Å². The topological polar surface area (TPSA) is 94.2 Å². The molecule has 1 fully saturated rings. The van der Waals surface area contributed by atoms with Crippen molar-refractivity contribution < 1.29 is 0 Å². The highest BCUT2D eigenvalue weighted by molar-refractivity contribution is 9.10. The van der Waals surface area contributed by atoms with Crippen molar-refractivity contribution in [1.82, 2.24) is 24.3 Å². The number of imidazole rings is 1. The Hall–Kier alpha value is -3.48. The minimum absolute atomic E-state index is 0.0219. The van der Waals surface area contributed by atoms with E-state index in [1.165, 1.54) is 0 Å². The lowest BCUT2D eigenvalue weighted by Crippen LogP contribution is -2.36. The molecule has 0 spiro atoms. The number of aromatic nitrogens is 4. The van der Waals surface area contributed by atoms with Crippen molar-refractivity contribution in [2.75, 3.05) is 30.8 Å². The molecule has 4 aromatic rings. The van der Waals surface area contributed by atoms with E-state index in [2.05, 4.69) is 85.7 Å². The van der Waals surface area contributed by atoms with E-state index >= 15 is 0 Å². The van der Waals surface area contributed by atoms with Crippen molar-refractivity contribution >= 4 is 33.2 Å². The Morgan fingerprint density at radius 1 is 1.14 bits per heavy atom. The third-order valence-corrected chi connectivity index (χ3v) is 7.08. The number of hydrogen-bond acceptors (Lipinski definition) is 7. The number of nitrogens with one attached hydrogen (secondary N) is 2. The van der Waals surface area contributed by atoms with Gasteiger partial charge in [0.25, 0.3) is 0 Å². The van der Waals surface area contributed by atoms with Crippen LogP contribution in [0.2, 0.25) is 0 Å². The van der Waals surface area contributed by atoms with Crippen LogP contribution in [0, 0.1) is 11.3 Å². The molecule has 1 atom stereocenters.